The number of hydrogen-bond acceptors (Lipinski definition) is 4. The van der Waals surface area contributed by atoms with Gasteiger partial charge < -0.3 is 18.8 Å². The van der Waals surface area contributed by atoms with Crippen LogP contribution in [0.4, 0.5) is 0 Å². The van der Waals surface area contributed by atoms with Gasteiger partial charge in [-0.15, -0.1) is 0 Å². The lowest BCUT2D eigenvalue weighted by Gasteiger charge is -2.22. The predicted octanol–water partition coefficient (Wildman–Crippen LogP) is 3.24. The number of carbonyl (C=O) groups excluding carboxylic acids is 1. The molecule has 1 fully saturated rings. The van der Waals surface area contributed by atoms with E-state index in [1.165, 1.54) is 11.3 Å². The first-order valence-corrected chi connectivity index (χ1v) is 8.49. The fourth-order valence-electron chi connectivity index (χ4n) is 3.26. The molecule has 1 saturated heterocycles. The standard InChI is InChI=1S/C19H25NO4/c1-13-14(2)20(8-11-22-3)18-5-4-15(12-17(13)18)19(21)24-16-6-9-23-10-7-16/h4-5,12,16H,6-11H2,1-3H3. The Hall–Kier alpha value is -1.85. The van der Waals surface area contributed by atoms with Gasteiger partial charge in [-0.1, -0.05) is 0 Å². The van der Waals surface area contributed by atoms with E-state index in [1.807, 2.05) is 18.2 Å². The third-order valence-electron chi connectivity index (χ3n) is 4.84. The van der Waals surface area contributed by atoms with Gasteiger partial charge in [-0.05, 0) is 37.6 Å². The van der Waals surface area contributed by atoms with E-state index in [2.05, 4.69) is 18.4 Å². The summed E-state index contributed by atoms with van der Waals surface area (Å²) in [6.07, 6.45) is 1.52. The maximum atomic E-state index is 12.4. The van der Waals surface area contributed by atoms with Crippen LogP contribution in [-0.2, 0) is 20.8 Å². The number of carbonyl (C=O) groups is 1. The molecule has 130 valence electrons. The number of methoxy groups -OCH3 is 1. The summed E-state index contributed by atoms with van der Waals surface area (Å²) in [5.74, 6) is -0.245. The average molecular weight is 331 g/mol. The predicted molar refractivity (Wildman–Crippen MR) is 92.5 cm³/mol. The van der Waals surface area contributed by atoms with Crippen molar-refractivity contribution in [3.05, 3.63) is 35.0 Å². The van der Waals surface area contributed by atoms with Crippen LogP contribution in [0.1, 0.15) is 34.5 Å². The van der Waals surface area contributed by atoms with E-state index in [4.69, 9.17) is 14.2 Å². The summed E-state index contributed by atoms with van der Waals surface area (Å²) in [5.41, 5.74) is 4.14. The van der Waals surface area contributed by atoms with Crippen molar-refractivity contribution in [3.63, 3.8) is 0 Å². The van der Waals surface area contributed by atoms with E-state index >= 15 is 0 Å². The molecule has 0 amide bonds. The molecule has 1 aliphatic heterocycles. The Morgan fingerprint density at radius 2 is 2.04 bits per heavy atom. The fraction of sp³-hybridized carbons (Fsp3) is 0.526. The van der Waals surface area contributed by atoms with Crippen molar-refractivity contribution in [2.75, 3.05) is 26.9 Å². The minimum atomic E-state index is -0.245. The van der Waals surface area contributed by atoms with E-state index in [1.54, 1.807) is 7.11 Å². The largest absolute Gasteiger partial charge is 0.459 e. The van der Waals surface area contributed by atoms with Crippen LogP contribution in [0.2, 0.25) is 0 Å². The minimum absolute atomic E-state index is 0.0314. The number of ether oxygens (including phenoxy) is 3. The van der Waals surface area contributed by atoms with Crippen LogP contribution < -0.4 is 0 Å². The van der Waals surface area contributed by atoms with Gasteiger partial charge in [0.05, 0.1) is 25.4 Å². The Balaban J connectivity index is 1.85. The SMILES string of the molecule is COCCn1c(C)c(C)c2cc(C(=O)OC3CCOCC3)ccc21. The molecule has 24 heavy (non-hydrogen) atoms. The maximum Gasteiger partial charge on any atom is 0.338 e. The molecule has 0 atom stereocenters. The van der Waals surface area contributed by atoms with Gasteiger partial charge in [0.2, 0.25) is 0 Å². The molecule has 0 bridgehead atoms. The van der Waals surface area contributed by atoms with Gasteiger partial charge in [0.25, 0.3) is 0 Å². The van der Waals surface area contributed by atoms with Gasteiger partial charge in [0.1, 0.15) is 6.10 Å². The van der Waals surface area contributed by atoms with E-state index in [0.29, 0.717) is 25.4 Å². The average Bonchev–Trinajstić information content (AvgIpc) is 2.84. The Morgan fingerprint density at radius 3 is 2.75 bits per heavy atom. The molecule has 5 nitrogen and oxygen atoms in total. The third kappa shape index (κ3) is 3.32. The lowest BCUT2D eigenvalue weighted by molar-refractivity contribution is -0.0159. The van der Waals surface area contributed by atoms with Crippen LogP contribution in [0.5, 0.6) is 0 Å². The van der Waals surface area contributed by atoms with Crippen molar-refractivity contribution in [2.45, 2.75) is 39.3 Å². The van der Waals surface area contributed by atoms with E-state index in [0.717, 1.165) is 30.3 Å². The second kappa shape index (κ2) is 7.36. The number of hydrogen-bond donors (Lipinski definition) is 0. The van der Waals surface area contributed by atoms with Gasteiger partial charge in [0.15, 0.2) is 0 Å². The highest BCUT2D eigenvalue weighted by Crippen LogP contribution is 2.27. The topological polar surface area (TPSA) is 49.7 Å². The number of nitrogens with zero attached hydrogens (tertiary/aromatic N) is 1. The summed E-state index contributed by atoms with van der Waals surface area (Å²) >= 11 is 0. The number of aryl methyl sites for hydroxylation is 1. The van der Waals surface area contributed by atoms with Crippen LogP contribution >= 0.6 is 0 Å². The number of esters is 1. The molecule has 0 spiro atoms. The zero-order valence-corrected chi connectivity index (χ0v) is 14.6. The van der Waals surface area contributed by atoms with Crippen molar-refractivity contribution in [3.8, 4) is 0 Å². The summed E-state index contributed by atoms with van der Waals surface area (Å²) in [4.78, 5) is 12.4. The Kier molecular flexibility index (Phi) is 5.21. The van der Waals surface area contributed by atoms with Gasteiger partial charge in [0, 0.05) is 43.1 Å². The minimum Gasteiger partial charge on any atom is -0.459 e. The lowest BCUT2D eigenvalue weighted by Crippen LogP contribution is -2.26. The van der Waals surface area contributed by atoms with Gasteiger partial charge in [-0.2, -0.15) is 0 Å². The second-order valence-corrected chi connectivity index (χ2v) is 6.30. The lowest BCUT2D eigenvalue weighted by atomic mass is 10.1. The molecule has 3 rings (SSSR count). The molecule has 2 aromatic rings. The van der Waals surface area contributed by atoms with Crippen molar-refractivity contribution in [1.29, 1.82) is 0 Å². The van der Waals surface area contributed by atoms with E-state index in [-0.39, 0.29) is 12.1 Å². The summed E-state index contributed by atoms with van der Waals surface area (Å²) < 4.78 is 18.4. The number of aromatic nitrogens is 1. The zero-order chi connectivity index (χ0) is 17.1. The van der Waals surface area contributed by atoms with Crippen LogP contribution in [0.3, 0.4) is 0 Å². The van der Waals surface area contributed by atoms with Crippen molar-refractivity contribution >= 4 is 16.9 Å². The van der Waals surface area contributed by atoms with Crippen LogP contribution in [0.25, 0.3) is 10.9 Å². The first-order chi connectivity index (χ1) is 11.6. The van der Waals surface area contributed by atoms with E-state index < -0.39 is 0 Å². The third-order valence-corrected chi connectivity index (χ3v) is 4.84. The van der Waals surface area contributed by atoms with Crippen molar-refractivity contribution < 1.29 is 19.0 Å². The Bertz CT molecular complexity index is 729. The highest BCUT2D eigenvalue weighted by Gasteiger charge is 2.20. The summed E-state index contributed by atoms with van der Waals surface area (Å²) in [6, 6.07) is 5.81. The highest BCUT2D eigenvalue weighted by atomic mass is 16.6. The number of benzene rings is 1. The molecule has 0 radical (unpaired) electrons. The Labute approximate surface area is 142 Å². The molecule has 0 unspecified atom stereocenters. The normalized spacial score (nSPS) is 15.8. The molecule has 2 heterocycles. The molecule has 1 aliphatic rings. The highest BCUT2D eigenvalue weighted by molar-refractivity contribution is 5.96. The van der Waals surface area contributed by atoms with Gasteiger partial charge in [-0.25, -0.2) is 4.79 Å². The molecule has 0 saturated carbocycles. The molecule has 5 heteroatoms. The molecule has 1 aromatic heterocycles. The monoisotopic (exact) mass is 331 g/mol. The van der Waals surface area contributed by atoms with Crippen molar-refractivity contribution in [2.24, 2.45) is 0 Å². The first kappa shape index (κ1) is 17.0. The molecular weight excluding hydrogens is 306 g/mol. The molecular formula is C19H25NO4. The first-order valence-electron chi connectivity index (χ1n) is 8.49. The quantitative estimate of drug-likeness (QED) is 0.789. The number of fused-ring (bicyclic) bond motifs is 1. The van der Waals surface area contributed by atoms with Gasteiger partial charge >= 0.3 is 5.97 Å². The zero-order valence-electron chi connectivity index (χ0n) is 14.6. The molecule has 0 aliphatic carbocycles. The Morgan fingerprint density at radius 1 is 1.29 bits per heavy atom. The van der Waals surface area contributed by atoms with Crippen molar-refractivity contribution in [1.82, 2.24) is 4.57 Å². The van der Waals surface area contributed by atoms with Crippen LogP contribution in [-0.4, -0.2) is 43.6 Å². The maximum absolute atomic E-state index is 12.4. The summed E-state index contributed by atoms with van der Waals surface area (Å²) in [7, 11) is 1.71. The smallest absolute Gasteiger partial charge is 0.338 e. The van der Waals surface area contributed by atoms with Crippen LogP contribution in [0, 0.1) is 13.8 Å². The second-order valence-electron chi connectivity index (χ2n) is 6.30. The van der Waals surface area contributed by atoms with E-state index in [9.17, 15) is 4.79 Å². The fourth-order valence-corrected chi connectivity index (χ4v) is 3.26. The van der Waals surface area contributed by atoms with Gasteiger partial charge in [-0.3, -0.25) is 0 Å². The summed E-state index contributed by atoms with van der Waals surface area (Å²) in [6.45, 7) is 6.99. The number of rotatable bonds is 5. The molecule has 1 aromatic carbocycles. The van der Waals surface area contributed by atoms with Crippen LogP contribution in [0.15, 0.2) is 18.2 Å². The summed E-state index contributed by atoms with van der Waals surface area (Å²) in [5, 5.41) is 1.10. The molecule has 0 N–H and O–H groups in total.